The molecular weight excluding hydrogens is 294 g/mol. The molecule has 1 unspecified atom stereocenters. The molecule has 0 amide bonds. The van der Waals surface area contributed by atoms with Crippen molar-refractivity contribution in [3.63, 3.8) is 0 Å². The molecule has 24 heavy (non-hydrogen) atoms. The minimum absolute atomic E-state index is 0.0871. The van der Waals surface area contributed by atoms with Crippen LogP contribution in [0, 0.1) is 0 Å². The van der Waals surface area contributed by atoms with Crippen LogP contribution in [0.5, 0.6) is 0 Å². The Kier molecular flexibility index (Phi) is 4.54. The van der Waals surface area contributed by atoms with E-state index in [0.717, 1.165) is 12.8 Å². The van der Waals surface area contributed by atoms with Crippen LogP contribution in [0.25, 0.3) is 0 Å². The maximum Gasteiger partial charge on any atom is 0.104 e. The van der Waals surface area contributed by atoms with Crippen molar-refractivity contribution < 1.29 is 4.84 Å². The van der Waals surface area contributed by atoms with Gasteiger partial charge in [-0.25, -0.2) is 0 Å². The minimum Gasteiger partial charge on any atom is -0.289 e. The van der Waals surface area contributed by atoms with Crippen LogP contribution in [0.4, 0.5) is 0 Å². The first kappa shape index (κ1) is 17.2. The lowest BCUT2D eigenvalue weighted by molar-refractivity contribution is -0.291. The maximum absolute atomic E-state index is 6.68. The van der Waals surface area contributed by atoms with Crippen molar-refractivity contribution in [2.75, 3.05) is 0 Å². The van der Waals surface area contributed by atoms with Crippen LogP contribution in [-0.2, 0) is 15.9 Å². The predicted molar refractivity (Wildman–Crippen MR) is 99.5 cm³/mol. The fraction of sp³-hybridized carbons (Fsp3) is 0.455. The Morgan fingerprint density at radius 3 is 1.83 bits per heavy atom. The average molecular weight is 323 g/mol. The Morgan fingerprint density at radius 1 is 0.833 bits per heavy atom. The van der Waals surface area contributed by atoms with Gasteiger partial charge in [-0.2, -0.15) is 5.06 Å². The number of rotatable bonds is 5. The number of hydrogen-bond acceptors (Lipinski definition) is 2. The second-order valence-corrected chi connectivity index (χ2v) is 7.75. The van der Waals surface area contributed by atoms with E-state index in [2.05, 4.69) is 94.3 Å². The number of nitrogens with zero attached hydrogens (tertiary/aromatic N) is 1. The molecule has 0 saturated heterocycles. The lowest BCUT2D eigenvalue weighted by Gasteiger charge is -2.41. The third kappa shape index (κ3) is 2.78. The van der Waals surface area contributed by atoms with Crippen LogP contribution in [-0.4, -0.2) is 5.06 Å². The zero-order valence-electron chi connectivity index (χ0n) is 15.5. The molecule has 2 aromatic carbocycles. The van der Waals surface area contributed by atoms with Crippen molar-refractivity contribution in [1.29, 1.82) is 0 Å². The summed E-state index contributed by atoms with van der Waals surface area (Å²) >= 11 is 0. The summed E-state index contributed by atoms with van der Waals surface area (Å²) in [6.07, 6.45) is 2.20. The van der Waals surface area contributed by atoms with Gasteiger partial charge >= 0.3 is 0 Å². The van der Waals surface area contributed by atoms with E-state index < -0.39 is 0 Å². The quantitative estimate of drug-likeness (QED) is 0.674. The van der Waals surface area contributed by atoms with Gasteiger partial charge in [0, 0.05) is 0 Å². The predicted octanol–water partition coefficient (Wildman–Crippen LogP) is 5.95. The third-order valence-corrected chi connectivity index (χ3v) is 5.22. The fourth-order valence-electron chi connectivity index (χ4n) is 4.07. The molecule has 128 valence electrons. The molecule has 0 fully saturated rings. The molecule has 0 N–H and O–H groups in total. The van der Waals surface area contributed by atoms with Gasteiger partial charge in [0.15, 0.2) is 0 Å². The average Bonchev–Trinajstić information content (AvgIpc) is 2.73. The number of hydroxylamine groups is 2. The molecule has 2 nitrogen and oxygen atoms in total. The van der Waals surface area contributed by atoms with Crippen LogP contribution in [0.1, 0.15) is 70.3 Å². The van der Waals surface area contributed by atoms with E-state index in [9.17, 15) is 0 Å². The fourth-order valence-corrected chi connectivity index (χ4v) is 4.07. The van der Waals surface area contributed by atoms with Crippen molar-refractivity contribution >= 4 is 0 Å². The first-order valence-electron chi connectivity index (χ1n) is 9.01. The van der Waals surface area contributed by atoms with Gasteiger partial charge in [-0.1, -0.05) is 67.9 Å². The molecule has 1 aliphatic rings. The SMILES string of the molecule is CCCC(ON1C(C)(C)c2ccccc2C1(C)C)c1ccccc1. The topological polar surface area (TPSA) is 12.5 Å². The van der Waals surface area contributed by atoms with Crippen LogP contribution in [0.3, 0.4) is 0 Å². The molecule has 0 aliphatic carbocycles. The van der Waals surface area contributed by atoms with Crippen molar-refractivity contribution in [3.05, 3.63) is 71.3 Å². The summed E-state index contributed by atoms with van der Waals surface area (Å²) in [7, 11) is 0. The summed E-state index contributed by atoms with van der Waals surface area (Å²) in [5.41, 5.74) is 3.67. The summed E-state index contributed by atoms with van der Waals surface area (Å²) in [6, 6.07) is 19.3. The van der Waals surface area contributed by atoms with Gasteiger partial charge < -0.3 is 0 Å². The van der Waals surface area contributed by atoms with Gasteiger partial charge in [0.2, 0.25) is 0 Å². The molecule has 0 bridgehead atoms. The molecule has 0 spiro atoms. The van der Waals surface area contributed by atoms with Gasteiger partial charge in [0.1, 0.15) is 6.10 Å². The monoisotopic (exact) mass is 323 g/mol. The van der Waals surface area contributed by atoms with E-state index >= 15 is 0 Å². The maximum atomic E-state index is 6.68. The molecule has 0 aromatic heterocycles. The molecule has 1 aliphatic heterocycles. The van der Waals surface area contributed by atoms with E-state index in [4.69, 9.17) is 4.84 Å². The first-order chi connectivity index (χ1) is 11.4. The van der Waals surface area contributed by atoms with Crippen molar-refractivity contribution in [1.82, 2.24) is 5.06 Å². The standard InChI is InChI=1S/C22H29NO/c1-6-12-20(17-13-8-7-9-14-17)24-23-21(2,3)18-15-10-11-16-19(18)22(23,4)5/h7-11,13-16,20H,6,12H2,1-5H3. The van der Waals surface area contributed by atoms with E-state index in [1.54, 1.807) is 0 Å². The highest BCUT2D eigenvalue weighted by molar-refractivity contribution is 5.42. The van der Waals surface area contributed by atoms with Gasteiger partial charge in [-0.15, -0.1) is 0 Å². The van der Waals surface area contributed by atoms with Gasteiger partial charge in [0.25, 0.3) is 0 Å². The zero-order valence-corrected chi connectivity index (χ0v) is 15.5. The highest BCUT2D eigenvalue weighted by Crippen LogP contribution is 2.50. The van der Waals surface area contributed by atoms with E-state index in [1.807, 2.05) is 0 Å². The minimum atomic E-state index is -0.152. The summed E-state index contributed by atoms with van der Waals surface area (Å²) in [5.74, 6) is 0. The molecule has 1 heterocycles. The largest absolute Gasteiger partial charge is 0.289 e. The van der Waals surface area contributed by atoms with E-state index in [0.29, 0.717) is 0 Å². The molecule has 0 radical (unpaired) electrons. The Labute approximate surface area is 146 Å². The lowest BCUT2D eigenvalue weighted by atomic mass is 9.91. The highest BCUT2D eigenvalue weighted by Gasteiger charge is 2.50. The Hall–Kier alpha value is -1.64. The Bertz CT molecular complexity index is 655. The highest BCUT2D eigenvalue weighted by atomic mass is 16.7. The molecule has 1 atom stereocenters. The summed E-state index contributed by atoms with van der Waals surface area (Å²) in [4.78, 5) is 6.68. The van der Waals surface area contributed by atoms with E-state index in [1.165, 1.54) is 16.7 Å². The van der Waals surface area contributed by atoms with Crippen molar-refractivity contribution in [2.45, 2.75) is 64.6 Å². The van der Waals surface area contributed by atoms with Crippen LogP contribution in [0.2, 0.25) is 0 Å². The first-order valence-corrected chi connectivity index (χ1v) is 9.01. The van der Waals surface area contributed by atoms with Gasteiger partial charge in [0.05, 0.1) is 11.1 Å². The normalized spacial score (nSPS) is 19.9. The summed E-state index contributed by atoms with van der Waals surface area (Å²) in [5, 5.41) is 2.22. The summed E-state index contributed by atoms with van der Waals surface area (Å²) < 4.78 is 0. The number of benzene rings is 2. The van der Waals surface area contributed by atoms with Crippen LogP contribution in [0.15, 0.2) is 54.6 Å². The molecular formula is C22H29NO. The second kappa shape index (κ2) is 6.34. The molecule has 2 aromatic rings. The smallest absolute Gasteiger partial charge is 0.104 e. The zero-order chi connectivity index (χ0) is 17.4. The Balaban J connectivity index is 1.96. The van der Waals surface area contributed by atoms with Gasteiger partial charge in [-0.05, 0) is 50.8 Å². The number of hydrogen-bond donors (Lipinski definition) is 0. The molecule has 3 rings (SSSR count). The lowest BCUT2D eigenvalue weighted by Crippen LogP contribution is -2.46. The van der Waals surface area contributed by atoms with Crippen molar-refractivity contribution in [2.24, 2.45) is 0 Å². The van der Waals surface area contributed by atoms with Gasteiger partial charge in [-0.3, -0.25) is 4.84 Å². The molecule has 0 saturated carbocycles. The number of fused-ring (bicyclic) bond motifs is 1. The van der Waals surface area contributed by atoms with Crippen molar-refractivity contribution in [3.8, 4) is 0 Å². The Morgan fingerprint density at radius 2 is 1.33 bits per heavy atom. The molecule has 2 heteroatoms. The van der Waals surface area contributed by atoms with E-state index in [-0.39, 0.29) is 17.2 Å². The summed E-state index contributed by atoms with van der Waals surface area (Å²) in [6.45, 7) is 11.3. The van der Waals surface area contributed by atoms with Crippen LogP contribution >= 0.6 is 0 Å². The van der Waals surface area contributed by atoms with Crippen LogP contribution < -0.4 is 0 Å². The third-order valence-electron chi connectivity index (χ3n) is 5.22. The second-order valence-electron chi connectivity index (χ2n) is 7.75.